The number of aromatic nitrogens is 1. The summed E-state index contributed by atoms with van der Waals surface area (Å²) in [5.74, 6) is -1.12. The first-order valence-electron chi connectivity index (χ1n) is 3.98. The minimum absolute atomic E-state index is 0.0296. The highest BCUT2D eigenvalue weighted by Crippen LogP contribution is 2.15. The average Bonchev–Trinajstić information content (AvgIpc) is 2.50. The van der Waals surface area contributed by atoms with Gasteiger partial charge in [-0.05, 0) is 6.07 Å². The Hall–Kier alpha value is -1.50. The Balaban J connectivity index is 2.41. The van der Waals surface area contributed by atoms with Gasteiger partial charge in [0.05, 0.1) is 12.2 Å². The van der Waals surface area contributed by atoms with Gasteiger partial charge in [-0.3, -0.25) is 4.74 Å². The van der Waals surface area contributed by atoms with E-state index in [2.05, 4.69) is 4.74 Å². The molecule has 0 aromatic carbocycles. The lowest BCUT2D eigenvalue weighted by Crippen LogP contribution is -2.16. The summed E-state index contributed by atoms with van der Waals surface area (Å²) < 4.78 is 39.5. The quantitative estimate of drug-likeness (QED) is 0.845. The first-order chi connectivity index (χ1) is 6.88. The summed E-state index contributed by atoms with van der Waals surface area (Å²) in [5, 5.41) is 8.53. The minimum atomic E-state index is -4.65. The molecule has 84 valence electrons. The van der Waals surface area contributed by atoms with Crippen LogP contribution in [0.5, 0.6) is 0 Å². The summed E-state index contributed by atoms with van der Waals surface area (Å²) >= 11 is 0. The van der Waals surface area contributed by atoms with Crippen LogP contribution in [-0.2, 0) is 11.3 Å². The van der Waals surface area contributed by atoms with Gasteiger partial charge in [0.25, 0.3) is 0 Å². The van der Waals surface area contributed by atoms with Crippen LogP contribution in [0.3, 0.4) is 0 Å². The van der Waals surface area contributed by atoms with Crippen molar-refractivity contribution in [3.05, 3.63) is 24.0 Å². The van der Waals surface area contributed by atoms with Crippen LogP contribution in [0.4, 0.5) is 13.2 Å². The van der Waals surface area contributed by atoms with Gasteiger partial charge in [-0.25, -0.2) is 4.79 Å². The van der Waals surface area contributed by atoms with Gasteiger partial charge in [0.1, 0.15) is 0 Å². The molecule has 0 bridgehead atoms. The van der Waals surface area contributed by atoms with Crippen LogP contribution in [0.1, 0.15) is 10.4 Å². The molecule has 0 unspecified atom stereocenters. The molecule has 1 heterocycles. The maximum atomic E-state index is 11.6. The monoisotopic (exact) mass is 223 g/mol. The fourth-order valence-electron chi connectivity index (χ4n) is 0.973. The van der Waals surface area contributed by atoms with Gasteiger partial charge in [0.15, 0.2) is 0 Å². The number of carboxylic acid groups (broad SMARTS) is 1. The molecule has 15 heavy (non-hydrogen) atoms. The maximum Gasteiger partial charge on any atom is 0.522 e. The molecule has 0 aliphatic carbocycles. The highest BCUT2D eigenvalue weighted by atomic mass is 19.4. The first kappa shape index (κ1) is 11.6. The predicted molar refractivity (Wildman–Crippen MR) is 43.4 cm³/mol. The highest BCUT2D eigenvalue weighted by molar-refractivity contribution is 5.87. The largest absolute Gasteiger partial charge is 0.522 e. The fraction of sp³-hybridized carbons (Fsp3) is 0.375. The summed E-state index contributed by atoms with van der Waals surface area (Å²) in [6.45, 7) is -0.593. The molecule has 1 N–H and O–H groups in total. The van der Waals surface area contributed by atoms with E-state index in [4.69, 9.17) is 5.11 Å². The molecular formula is C8H8F3NO3. The zero-order valence-corrected chi connectivity index (χ0v) is 7.49. The van der Waals surface area contributed by atoms with Crippen LogP contribution in [-0.4, -0.2) is 28.6 Å². The van der Waals surface area contributed by atoms with Crippen molar-refractivity contribution in [1.29, 1.82) is 0 Å². The van der Waals surface area contributed by atoms with Crippen molar-refractivity contribution >= 4 is 5.97 Å². The summed E-state index contributed by atoms with van der Waals surface area (Å²) in [7, 11) is 0. The van der Waals surface area contributed by atoms with E-state index in [1.165, 1.54) is 23.0 Å². The number of hydrogen-bond acceptors (Lipinski definition) is 2. The van der Waals surface area contributed by atoms with Crippen LogP contribution in [0.25, 0.3) is 0 Å². The molecule has 4 nitrogen and oxygen atoms in total. The lowest BCUT2D eigenvalue weighted by atomic mass is 10.4. The number of ether oxygens (including phenoxy) is 1. The van der Waals surface area contributed by atoms with Crippen molar-refractivity contribution in [1.82, 2.24) is 4.57 Å². The SMILES string of the molecule is O=C(O)c1ccn(CCOC(F)(F)F)c1. The van der Waals surface area contributed by atoms with Crippen molar-refractivity contribution < 1.29 is 27.8 Å². The average molecular weight is 223 g/mol. The molecule has 0 fully saturated rings. The van der Waals surface area contributed by atoms with Crippen molar-refractivity contribution in [3.8, 4) is 0 Å². The topological polar surface area (TPSA) is 51.5 Å². The maximum absolute atomic E-state index is 11.6. The zero-order valence-electron chi connectivity index (χ0n) is 7.49. The lowest BCUT2D eigenvalue weighted by molar-refractivity contribution is -0.325. The molecule has 1 aromatic heterocycles. The van der Waals surface area contributed by atoms with Gasteiger partial charge in [0, 0.05) is 18.9 Å². The van der Waals surface area contributed by atoms with E-state index in [0.717, 1.165) is 0 Å². The second-order valence-corrected chi connectivity index (χ2v) is 2.74. The second kappa shape index (κ2) is 4.35. The molecule has 0 spiro atoms. The van der Waals surface area contributed by atoms with Crippen LogP contribution in [0.2, 0.25) is 0 Å². The van der Waals surface area contributed by atoms with E-state index in [-0.39, 0.29) is 12.1 Å². The smallest absolute Gasteiger partial charge is 0.478 e. The van der Waals surface area contributed by atoms with Crippen molar-refractivity contribution in [2.24, 2.45) is 0 Å². The third-order valence-corrected chi connectivity index (χ3v) is 1.61. The summed E-state index contributed by atoms with van der Waals surface area (Å²) in [4.78, 5) is 10.4. The summed E-state index contributed by atoms with van der Waals surface area (Å²) in [6, 6.07) is 1.30. The third kappa shape index (κ3) is 4.03. The Morgan fingerprint density at radius 2 is 2.20 bits per heavy atom. The molecule has 1 rings (SSSR count). The number of carboxylic acids is 1. The molecular weight excluding hydrogens is 215 g/mol. The Morgan fingerprint density at radius 1 is 1.53 bits per heavy atom. The fourth-order valence-corrected chi connectivity index (χ4v) is 0.973. The van der Waals surface area contributed by atoms with E-state index >= 15 is 0 Å². The van der Waals surface area contributed by atoms with E-state index < -0.39 is 18.9 Å². The van der Waals surface area contributed by atoms with Gasteiger partial charge in [-0.2, -0.15) is 0 Å². The minimum Gasteiger partial charge on any atom is -0.478 e. The number of halogens is 3. The molecule has 7 heteroatoms. The molecule has 0 radical (unpaired) electrons. The van der Waals surface area contributed by atoms with Crippen molar-refractivity contribution in [3.63, 3.8) is 0 Å². The zero-order chi connectivity index (χ0) is 11.5. The molecule has 0 aliphatic heterocycles. The third-order valence-electron chi connectivity index (χ3n) is 1.61. The van der Waals surface area contributed by atoms with E-state index in [1.807, 2.05) is 0 Å². The highest BCUT2D eigenvalue weighted by Gasteiger charge is 2.28. The first-order valence-corrected chi connectivity index (χ1v) is 3.98. The van der Waals surface area contributed by atoms with E-state index in [0.29, 0.717) is 0 Å². The Labute approximate surface area is 82.9 Å². The lowest BCUT2D eigenvalue weighted by Gasteiger charge is -2.07. The van der Waals surface area contributed by atoms with Gasteiger partial charge in [0.2, 0.25) is 0 Å². The van der Waals surface area contributed by atoms with E-state index in [9.17, 15) is 18.0 Å². The number of aromatic carboxylic acids is 1. The number of rotatable bonds is 4. The summed E-state index contributed by atoms with van der Waals surface area (Å²) in [5.41, 5.74) is 0.0296. The van der Waals surface area contributed by atoms with Crippen molar-refractivity contribution in [2.75, 3.05) is 6.61 Å². The van der Waals surface area contributed by atoms with E-state index in [1.54, 1.807) is 0 Å². The van der Waals surface area contributed by atoms with Crippen LogP contribution in [0.15, 0.2) is 18.5 Å². The van der Waals surface area contributed by atoms with Gasteiger partial charge in [-0.1, -0.05) is 0 Å². The van der Waals surface area contributed by atoms with Gasteiger partial charge < -0.3 is 9.67 Å². The van der Waals surface area contributed by atoms with Gasteiger partial charge in [-0.15, -0.1) is 13.2 Å². The Bertz CT molecular complexity index is 345. The standard InChI is InChI=1S/C8H8F3NO3/c9-8(10,11)15-4-3-12-2-1-6(5-12)7(13)14/h1-2,5H,3-4H2,(H,13,14). The molecule has 0 aliphatic rings. The van der Waals surface area contributed by atoms with Crippen LogP contribution < -0.4 is 0 Å². The molecule has 0 atom stereocenters. The molecule has 0 amide bonds. The summed E-state index contributed by atoms with van der Waals surface area (Å²) in [6.07, 6.45) is -2.03. The Kier molecular flexibility index (Phi) is 3.35. The molecule has 1 aromatic rings. The number of carbonyl (C=O) groups is 1. The van der Waals surface area contributed by atoms with Crippen molar-refractivity contribution in [2.45, 2.75) is 12.9 Å². The Morgan fingerprint density at radius 3 is 2.67 bits per heavy atom. The predicted octanol–water partition coefficient (Wildman–Crippen LogP) is 1.72. The van der Waals surface area contributed by atoms with Gasteiger partial charge >= 0.3 is 12.3 Å². The van der Waals surface area contributed by atoms with Crippen LogP contribution >= 0.6 is 0 Å². The number of alkyl halides is 3. The number of nitrogens with zero attached hydrogens (tertiary/aromatic N) is 1. The molecule has 0 saturated carbocycles. The molecule has 0 saturated heterocycles. The normalized spacial score (nSPS) is 11.7. The second-order valence-electron chi connectivity index (χ2n) is 2.74. The number of hydrogen-bond donors (Lipinski definition) is 1. The van der Waals surface area contributed by atoms with Crippen LogP contribution in [0, 0.1) is 0 Å².